The summed E-state index contributed by atoms with van der Waals surface area (Å²) in [5.74, 6) is -0.660. The molecule has 0 unspecified atom stereocenters. The number of aromatic amines is 1. The van der Waals surface area contributed by atoms with Crippen LogP contribution in [0, 0.1) is 5.82 Å². The molecule has 35 heavy (non-hydrogen) atoms. The van der Waals surface area contributed by atoms with E-state index in [9.17, 15) is 17.6 Å². The molecule has 2 N–H and O–H groups in total. The van der Waals surface area contributed by atoms with Gasteiger partial charge in [-0.1, -0.05) is 36.7 Å². The first kappa shape index (κ1) is 24.7. The largest absolute Gasteiger partial charge is 0.486 e. The average molecular weight is 520 g/mol. The zero-order valence-corrected chi connectivity index (χ0v) is 20.3. The van der Waals surface area contributed by atoms with Crippen LogP contribution in [0.4, 0.5) is 10.1 Å². The molecule has 1 aromatic heterocycles. The standard InChI is InChI=1S/C24H23ClFN3O5S/c1-2-22-27-13-23(28-22)35(32,33)29-14-16(8-11-24(30)31)34-21-10-7-15(12-20(21)29)6-9-17-18(25)4-3-5-19(17)26/h3-7,9-10,12-13,16H,2,8,11,14H2,1H3,(H,27,28)(H,30,31)/b9-6+/t16-/m0/s1. The number of anilines is 1. The number of aryl methyl sites for hydroxylation is 1. The molecular formula is C24H23ClFN3O5S. The van der Waals surface area contributed by atoms with Crippen molar-refractivity contribution >= 4 is 45.4 Å². The minimum Gasteiger partial charge on any atom is -0.486 e. The summed E-state index contributed by atoms with van der Waals surface area (Å²) in [6.07, 6.45) is 4.31. The van der Waals surface area contributed by atoms with E-state index < -0.39 is 27.9 Å². The van der Waals surface area contributed by atoms with Gasteiger partial charge in [0.25, 0.3) is 10.0 Å². The highest BCUT2D eigenvalue weighted by Gasteiger charge is 2.36. The van der Waals surface area contributed by atoms with E-state index in [1.807, 2.05) is 6.92 Å². The van der Waals surface area contributed by atoms with Gasteiger partial charge in [-0.25, -0.2) is 9.37 Å². The van der Waals surface area contributed by atoms with Crippen LogP contribution in [-0.4, -0.2) is 42.1 Å². The molecule has 3 aromatic rings. The number of hydrogen-bond donors (Lipinski definition) is 2. The van der Waals surface area contributed by atoms with Gasteiger partial charge < -0.3 is 14.8 Å². The van der Waals surface area contributed by atoms with Crippen molar-refractivity contribution in [1.82, 2.24) is 9.97 Å². The first-order valence-corrected chi connectivity index (χ1v) is 12.7. The van der Waals surface area contributed by atoms with Gasteiger partial charge in [0.2, 0.25) is 0 Å². The molecule has 0 saturated carbocycles. The Balaban J connectivity index is 1.73. The fourth-order valence-corrected chi connectivity index (χ4v) is 5.36. The van der Waals surface area contributed by atoms with Crippen molar-refractivity contribution in [1.29, 1.82) is 0 Å². The molecule has 1 atom stereocenters. The fraction of sp³-hybridized carbons (Fsp3) is 0.250. The van der Waals surface area contributed by atoms with Crippen molar-refractivity contribution in [3.63, 3.8) is 0 Å². The van der Waals surface area contributed by atoms with Crippen LogP contribution in [0.1, 0.15) is 36.7 Å². The van der Waals surface area contributed by atoms with Crippen LogP contribution >= 0.6 is 11.6 Å². The number of ether oxygens (including phenoxy) is 1. The molecule has 1 aliphatic heterocycles. The number of hydrogen-bond acceptors (Lipinski definition) is 5. The zero-order chi connectivity index (χ0) is 25.2. The van der Waals surface area contributed by atoms with Crippen molar-refractivity contribution in [3.05, 3.63) is 70.4 Å². The van der Waals surface area contributed by atoms with Gasteiger partial charge in [0, 0.05) is 24.6 Å². The molecule has 0 spiro atoms. The van der Waals surface area contributed by atoms with E-state index in [0.717, 1.165) is 0 Å². The molecule has 0 amide bonds. The van der Waals surface area contributed by atoms with E-state index in [-0.39, 0.29) is 40.7 Å². The third-order valence-corrected chi connectivity index (χ3v) is 7.53. The van der Waals surface area contributed by atoms with Crippen molar-refractivity contribution in [2.24, 2.45) is 0 Å². The zero-order valence-electron chi connectivity index (χ0n) is 18.7. The molecule has 8 nitrogen and oxygen atoms in total. The van der Waals surface area contributed by atoms with Crippen molar-refractivity contribution in [2.45, 2.75) is 37.3 Å². The van der Waals surface area contributed by atoms with E-state index in [0.29, 0.717) is 23.6 Å². The smallest absolute Gasteiger partial charge is 0.303 e. The number of carboxylic acids is 1. The molecule has 184 valence electrons. The summed E-state index contributed by atoms with van der Waals surface area (Å²) in [5.41, 5.74) is 1.08. The second-order valence-corrected chi connectivity index (χ2v) is 10.2. The number of benzene rings is 2. The predicted molar refractivity (Wildman–Crippen MR) is 131 cm³/mol. The highest BCUT2D eigenvalue weighted by molar-refractivity contribution is 7.92. The van der Waals surface area contributed by atoms with Gasteiger partial charge in [0.15, 0.2) is 5.03 Å². The Kier molecular flexibility index (Phi) is 7.13. The molecule has 4 rings (SSSR count). The molecule has 0 fully saturated rings. The number of imidazole rings is 1. The minimum atomic E-state index is -4.08. The van der Waals surface area contributed by atoms with Crippen LogP contribution in [0.25, 0.3) is 12.2 Å². The Bertz CT molecular complexity index is 1370. The Morgan fingerprint density at radius 2 is 2.14 bits per heavy atom. The summed E-state index contributed by atoms with van der Waals surface area (Å²) in [6, 6.07) is 9.29. The molecule has 2 aromatic carbocycles. The lowest BCUT2D eigenvalue weighted by Gasteiger charge is -2.35. The number of fused-ring (bicyclic) bond motifs is 1. The number of sulfonamides is 1. The number of H-pyrrole nitrogens is 1. The fourth-order valence-electron chi connectivity index (χ4n) is 3.71. The van der Waals surface area contributed by atoms with Gasteiger partial charge in [0.05, 0.1) is 17.3 Å². The van der Waals surface area contributed by atoms with Crippen LogP contribution in [0.15, 0.2) is 47.6 Å². The molecule has 11 heteroatoms. The quantitative estimate of drug-likeness (QED) is 0.415. The maximum Gasteiger partial charge on any atom is 0.303 e. The first-order chi connectivity index (χ1) is 16.7. The van der Waals surface area contributed by atoms with E-state index in [1.165, 1.54) is 28.7 Å². The molecule has 0 saturated heterocycles. The van der Waals surface area contributed by atoms with Crippen molar-refractivity contribution < 1.29 is 27.4 Å². The first-order valence-electron chi connectivity index (χ1n) is 10.9. The van der Waals surface area contributed by atoms with Crippen molar-refractivity contribution in [3.8, 4) is 5.75 Å². The maximum absolute atomic E-state index is 14.1. The van der Waals surface area contributed by atoms with E-state index in [1.54, 1.807) is 30.3 Å². The lowest BCUT2D eigenvalue weighted by molar-refractivity contribution is -0.137. The van der Waals surface area contributed by atoms with Gasteiger partial charge in [-0.05, 0) is 42.3 Å². The van der Waals surface area contributed by atoms with E-state index in [2.05, 4.69) is 9.97 Å². The lowest BCUT2D eigenvalue weighted by Crippen LogP contribution is -2.43. The number of nitrogens with one attached hydrogen (secondary N) is 1. The minimum absolute atomic E-state index is 0.0801. The highest BCUT2D eigenvalue weighted by Crippen LogP contribution is 2.39. The molecule has 0 aliphatic carbocycles. The molecule has 0 radical (unpaired) electrons. The summed E-state index contributed by atoms with van der Waals surface area (Å²) < 4.78 is 48.3. The Morgan fingerprint density at radius 1 is 1.34 bits per heavy atom. The van der Waals surface area contributed by atoms with Crippen LogP contribution in [0.5, 0.6) is 5.75 Å². The second-order valence-electron chi connectivity index (χ2n) is 7.94. The van der Waals surface area contributed by atoms with Crippen LogP contribution < -0.4 is 9.04 Å². The maximum atomic E-state index is 14.1. The Hall–Kier alpha value is -3.37. The SMILES string of the molecule is CCc1nc(S(=O)(=O)N2C[C@H](CCC(=O)O)Oc3ccc(/C=C/c4c(F)cccc4Cl)cc32)c[nH]1. The van der Waals surface area contributed by atoms with E-state index >= 15 is 0 Å². The van der Waals surface area contributed by atoms with Gasteiger partial charge in [-0.15, -0.1) is 0 Å². The molecule has 2 heterocycles. The Morgan fingerprint density at radius 3 is 2.83 bits per heavy atom. The van der Waals surface area contributed by atoms with Gasteiger partial charge in [-0.2, -0.15) is 8.42 Å². The number of aromatic nitrogens is 2. The topological polar surface area (TPSA) is 113 Å². The average Bonchev–Trinajstić information content (AvgIpc) is 3.32. The number of carboxylic acid groups (broad SMARTS) is 1. The summed E-state index contributed by atoms with van der Waals surface area (Å²) >= 11 is 6.09. The molecular weight excluding hydrogens is 497 g/mol. The lowest BCUT2D eigenvalue weighted by atomic mass is 10.1. The monoisotopic (exact) mass is 519 g/mol. The number of carbonyl (C=O) groups is 1. The van der Waals surface area contributed by atoms with E-state index in [4.69, 9.17) is 21.4 Å². The molecule has 1 aliphatic rings. The highest BCUT2D eigenvalue weighted by atomic mass is 35.5. The third kappa shape index (κ3) is 5.33. The second kappa shape index (κ2) is 10.1. The number of nitrogens with zero attached hydrogens (tertiary/aromatic N) is 2. The van der Waals surface area contributed by atoms with Crippen LogP contribution in [0.2, 0.25) is 5.02 Å². The van der Waals surface area contributed by atoms with Gasteiger partial charge in [0.1, 0.15) is 23.5 Å². The summed E-state index contributed by atoms with van der Waals surface area (Å²) in [6.45, 7) is 1.77. The predicted octanol–water partition coefficient (Wildman–Crippen LogP) is 4.76. The summed E-state index contributed by atoms with van der Waals surface area (Å²) in [7, 11) is -4.08. The number of rotatable bonds is 8. The van der Waals surface area contributed by atoms with Crippen LogP contribution in [-0.2, 0) is 21.2 Å². The normalized spacial score (nSPS) is 15.7. The van der Waals surface area contributed by atoms with Gasteiger partial charge in [-0.3, -0.25) is 9.10 Å². The van der Waals surface area contributed by atoms with Crippen LogP contribution in [0.3, 0.4) is 0 Å². The number of halogens is 2. The van der Waals surface area contributed by atoms with Gasteiger partial charge >= 0.3 is 5.97 Å². The molecule has 0 bridgehead atoms. The summed E-state index contributed by atoms with van der Waals surface area (Å²) in [4.78, 5) is 18.1. The number of aliphatic carboxylic acids is 1. The third-order valence-electron chi connectivity index (χ3n) is 5.53. The Labute approximate surface area is 207 Å². The van der Waals surface area contributed by atoms with Crippen molar-refractivity contribution in [2.75, 3.05) is 10.8 Å². The summed E-state index contributed by atoms with van der Waals surface area (Å²) in [5, 5.41) is 9.16.